The fourth-order valence-electron chi connectivity index (χ4n) is 2.55. The van der Waals surface area contributed by atoms with E-state index in [4.69, 9.17) is 5.73 Å². The third-order valence-electron chi connectivity index (χ3n) is 3.60. The highest BCUT2D eigenvalue weighted by molar-refractivity contribution is 5.86. The molecule has 1 aromatic heterocycles. The minimum Gasteiger partial charge on any atom is -0.340 e. The Morgan fingerprint density at radius 2 is 2.10 bits per heavy atom. The van der Waals surface area contributed by atoms with Gasteiger partial charge in [-0.1, -0.05) is 32.0 Å². The summed E-state index contributed by atoms with van der Waals surface area (Å²) in [6, 6.07) is 7.62. The number of benzene rings is 1. The summed E-state index contributed by atoms with van der Waals surface area (Å²) in [5, 5.41) is 2.21. The maximum Gasteiger partial charge on any atom is 0.239 e. The zero-order chi connectivity index (χ0) is 15.4. The molecule has 0 aliphatic heterocycles. The Labute approximate surface area is 126 Å². The quantitative estimate of drug-likeness (QED) is 0.918. The number of aromatic nitrogens is 1. The van der Waals surface area contributed by atoms with Crippen LogP contribution in [0, 0.1) is 5.92 Å². The molecule has 112 valence electrons. The fraction of sp³-hybridized carbons (Fsp3) is 0.412. The first-order valence-electron chi connectivity index (χ1n) is 7.31. The van der Waals surface area contributed by atoms with Gasteiger partial charge in [-0.3, -0.25) is 9.78 Å². The predicted octanol–water partition coefficient (Wildman–Crippen LogP) is 2.57. The van der Waals surface area contributed by atoms with Gasteiger partial charge in [0.25, 0.3) is 0 Å². The minimum atomic E-state index is -0.424. The van der Waals surface area contributed by atoms with Crippen molar-refractivity contribution in [1.82, 2.24) is 9.88 Å². The number of carbonyl (C=O) groups is 1. The average Bonchev–Trinajstić information content (AvgIpc) is 2.46. The molecule has 1 atom stereocenters. The van der Waals surface area contributed by atoms with E-state index < -0.39 is 6.04 Å². The number of fused-ring (bicyclic) bond motifs is 1. The molecule has 0 bridgehead atoms. The molecule has 0 saturated heterocycles. The molecule has 0 spiro atoms. The largest absolute Gasteiger partial charge is 0.340 e. The maximum absolute atomic E-state index is 12.3. The lowest BCUT2D eigenvalue weighted by atomic mass is 10.0. The number of carbonyl (C=O) groups excluding carboxylic acids is 1. The number of nitrogens with zero attached hydrogens (tertiary/aromatic N) is 2. The Morgan fingerprint density at radius 1 is 1.33 bits per heavy atom. The lowest BCUT2D eigenvalue weighted by Crippen LogP contribution is -2.42. The monoisotopic (exact) mass is 285 g/mol. The summed E-state index contributed by atoms with van der Waals surface area (Å²) in [5.74, 6) is 0.413. The molecule has 0 unspecified atom stereocenters. The molecular weight excluding hydrogens is 262 g/mol. The topological polar surface area (TPSA) is 59.2 Å². The highest BCUT2D eigenvalue weighted by Crippen LogP contribution is 2.19. The minimum absolute atomic E-state index is 0.00485. The van der Waals surface area contributed by atoms with Crippen molar-refractivity contribution < 1.29 is 4.79 Å². The third-order valence-corrected chi connectivity index (χ3v) is 3.60. The van der Waals surface area contributed by atoms with Gasteiger partial charge in [-0.2, -0.15) is 0 Å². The first kappa shape index (κ1) is 15.4. The van der Waals surface area contributed by atoms with E-state index in [1.165, 1.54) is 0 Å². The molecule has 21 heavy (non-hydrogen) atoms. The van der Waals surface area contributed by atoms with Gasteiger partial charge in [0.1, 0.15) is 0 Å². The van der Waals surface area contributed by atoms with E-state index >= 15 is 0 Å². The number of pyridine rings is 1. The molecular formula is C17H23N3O. The fourth-order valence-corrected chi connectivity index (χ4v) is 2.55. The highest BCUT2D eigenvalue weighted by Gasteiger charge is 2.19. The number of likely N-dealkylation sites (N-methyl/N-ethyl adjacent to an activating group) is 1. The summed E-state index contributed by atoms with van der Waals surface area (Å²) in [7, 11) is 1.81. The van der Waals surface area contributed by atoms with Crippen LogP contribution in [0.5, 0.6) is 0 Å². The summed E-state index contributed by atoms with van der Waals surface area (Å²) in [4.78, 5) is 18.1. The summed E-state index contributed by atoms with van der Waals surface area (Å²) < 4.78 is 0. The van der Waals surface area contributed by atoms with Gasteiger partial charge in [-0.15, -0.1) is 0 Å². The van der Waals surface area contributed by atoms with Gasteiger partial charge < -0.3 is 10.6 Å². The van der Waals surface area contributed by atoms with Gasteiger partial charge in [0.2, 0.25) is 5.91 Å². The zero-order valence-electron chi connectivity index (χ0n) is 12.9. The van der Waals surface area contributed by atoms with Crippen molar-refractivity contribution in [2.45, 2.75) is 32.9 Å². The van der Waals surface area contributed by atoms with Crippen LogP contribution < -0.4 is 5.73 Å². The van der Waals surface area contributed by atoms with Crippen molar-refractivity contribution in [3.63, 3.8) is 0 Å². The van der Waals surface area contributed by atoms with Crippen LogP contribution in [-0.4, -0.2) is 28.9 Å². The third kappa shape index (κ3) is 3.79. The lowest BCUT2D eigenvalue weighted by Gasteiger charge is -2.23. The maximum atomic E-state index is 12.3. The molecule has 0 saturated carbocycles. The van der Waals surface area contributed by atoms with Gasteiger partial charge in [0.15, 0.2) is 0 Å². The molecule has 0 radical (unpaired) electrons. The second-order valence-electron chi connectivity index (χ2n) is 5.94. The van der Waals surface area contributed by atoms with E-state index in [1.54, 1.807) is 11.1 Å². The second kappa shape index (κ2) is 6.68. The summed E-state index contributed by atoms with van der Waals surface area (Å²) >= 11 is 0. The average molecular weight is 285 g/mol. The Bertz CT molecular complexity index is 619. The van der Waals surface area contributed by atoms with Crippen LogP contribution >= 0.6 is 0 Å². The Balaban J connectivity index is 2.14. The first-order chi connectivity index (χ1) is 9.99. The highest BCUT2D eigenvalue weighted by atomic mass is 16.2. The van der Waals surface area contributed by atoms with Crippen molar-refractivity contribution in [3.8, 4) is 0 Å². The van der Waals surface area contributed by atoms with Crippen LogP contribution in [0.1, 0.15) is 25.8 Å². The molecule has 1 heterocycles. The molecule has 2 rings (SSSR count). The van der Waals surface area contributed by atoms with Crippen LogP contribution in [0.3, 0.4) is 0 Å². The van der Waals surface area contributed by atoms with Gasteiger partial charge in [-0.05, 0) is 29.4 Å². The molecule has 2 N–H and O–H groups in total. The lowest BCUT2D eigenvalue weighted by molar-refractivity contribution is -0.132. The van der Waals surface area contributed by atoms with Gasteiger partial charge in [0, 0.05) is 31.4 Å². The normalized spacial score (nSPS) is 12.6. The Morgan fingerprint density at radius 3 is 2.81 bits per heavy atom. The van der Waals surface area contributed by atoms with Crippen molar-refractivity contribution in [2.75, 3.05) is 7.05 Å². The van der Waals surface area contributed by atoms with Crippen LogP contribution in [0.25, 0.3) is 10.8 Å². The van der Waals surface area contributed by atoms with E-state index in [2.05, 4.69) is 18.8 Å². The van der Waals surface area contributed by atoms with Crippen LogP contribution in [-0.2, 0) is 11.3 Å². The van der Waals surface area contributed by atoms with Crippen molar-refractivity contribution in [3.05, 3.63) is 42.2 Å². The van der Waals surface area contributed by atoms with E-state index in [0.29, 0.717) is 18.9 Å². The molecule has 0 fully saturated rings. The van der Waals surface area contributed by atoms with E-state index in [-0.39, 0.29) is 5.91 Å². The van der Waals surface area contributed by atoms with Gasteiger partial charge in [-0.25, -0.2) is 0 Å². The van der Waals surface area contributed by atoms with Crippen LogP contribution in [0.2, 0.25) is 0 Å². The number of nitrogens with two attached hydrogens (primary N) is 1. The zero-order valence-corrected chi connectivity index (χ0v) is 12.9. The Kier molecular flexibility index (Phi) is 4.91. The predicted molar refractivity (Wildman–Crippen MR) is 85.6 cm³/mol. The van der Waals surface area contributed by atoms with E-state index in [0.717, 1.165) is 16.3 Å². The first-order valence-corrected chi connectivity index (χ1v) is 7.31. The summed E-state index contributed by atoms with van der Waals surface area (Å²) in [6.07, 6.45) is 4.33. The summed E-state index contributed by atoms with van der Waals surface area (Å²) in [5.41, 5.74) is 7.10. The standard InChI is InChI=1S/C17H23N3O/c1-12(2)9-16(18)17(21)20(3)11-14-6-4-5-13-10-19-8-7-15(13)14/h4-8,10,12,16H,9,11,18H2,1-3H3/t16-/m1/s1. The van der Waals surface area contributed by atoms with Crippen molar-refractivity contribution in [1.29, 1.82) is 0 Å². The number of amides is 1. The molecule has 4 nitrogen and oxygen atoms in total. The second-order valence-corrected chi connectivity index (χ2v) is 5.94. The number of rotatable bonds is 5. The SMILES string of the molecule is CC(C)C[C@@H](N)C(=O)N(C)Cc1cccc2cnccc12. The molecule has 4 heteroatoms. The molecule has 0 aliphatic rings. The summed E-state index contributed by atoms with van der Waals surface area (Å²) in [6.45, 7) is 4.71. The van der Waals surface area contributed by atoms with Gasteiger partial charge >= 0.3 is 0 Å². The van der Waals surface area contributed by atoms with Crippen molar-refractivity contribution >= 4 is 16.7 Å². The molecule has 1 aromatic carbocycles. The molecule has 2 aromatic rings. The van der Waals surface area contributed by atoms with Gasteiger partial charge in [0.05, 0.1) is 6.04 Å². The van der Waals surface area contributed by atoms with E-state index in [1.807, 2.05) is 37.5 Å². The van der Waals surface area contributed by atoms with Crippen molar-refractivity contribution in [2.24, 2.45) is 11.7 Å². The van der Waals surface area contributed by atoms with Crippen LogP contribution in [0.4, 0.5) is 0 Å². The number of hydrogen-bond donors (Lipinski definition) is 1. The Hall–Kier alpha value is -1.94. The smallest absolute Gasteiger partial charge is 0.239 e. The van der Waals surface area contributed by atoms with Crippen LogP contribution in [0.15, 0.2) is 36.7 Å². The molecule has 0 aliphatic carbocycles. The number of hydrogen-bond acceptors (Lipinski definition) is 3. The van der Waals surface area contributed by atoms with E-state index in [9.17, 15) is 4.79 Å². The molecule has 1 amide bonds.